The van der Waals surface area contributed by atoms with Crippen molar-refractivity contribution in [2.24, 2.45) is 0 Å². The van der Waals surface area contributed by atoms with E-state index in [0.717, 1.165) is 4.68 Å². The molecule has 7 nitrogen and oxygen atoms in total. The summed E-state index contributed by atoms with van der Waals surface area (Å²) in [6, 6.07) is 10.2. The zero-order chi connectivity index (χ0) is 17.1. The molecule has 3 rings (SSSR count). The summed E-state index contributed by atoms with van der Waals surface area (Å²) in [4.78, 5) is 36.2. The summed E-state index contributed by atoms with van der Waals surface area (Å²) in [7, 11) is 0. The van der Waals surface area contributed by atoms with Crippen LogP contribution in [0.15, 0.2) is 51.0 Å². The third-order valence-corrected chi connectivity index (χ3v) is 4.07. The van der Waals surface area contributed by atoms with Gasteiger partial charge in [0.1, 0.15) is 6.54 Å². The first kappa shape index (κ1) is 15.9. The number of nitrogens with zero attached hydrogens (tertiary/aromatic N) is 2. The molecule has 1 amide bonds. The van der Waals surface area contributed by atoms with Crippen LogP contribution >= 0.6 is 11.3 Å². The molecule has 1 N–H and O–H groups in total. The average Bonchev–Trinajstić information content (AvgIpc) is 3.18. The lowest BCUT2D eigenvalue weighted by molar-refractivity contribution is -0.117. The first-order valence-corrected chi connectivity index (χ1v) is 7.94. The number of hydrogen-bond donors (Lipinski definition) is 1. The Balaban J connectivity index is 1.77. The van der Waals surface area contributed by atoms with Gasteiger partial charge in [-0.2, -0.15) is 4.68 Å². The van der Waals surface area contributed by atoms with E-state index >= 15 is 0 Å². The van der Waals surface area contributed by atoms with Gasteiger partial charge in [-0.3, -0.25) is 9.59 Å². The van der Waals surface area contributed by atoms with Crippen molar-refractivity contribution < 1.29 is 14.0 Å². The molecular weight excluding hydrogens is 330 g/mol. The van der Waals surface area contributed by atoms with E-state index in [2.05, 4.69) is 10.4 Å². The number of carbonyl (C=O) groups excluding carboxylic acids is 2. The fourth-order valence-electron chi connectivity index (χ4n) is 2.13. The summed E-state index contributed by atoms with van der Waals surface area (Å²) >= 11 is 1.38. The molecular formula is C16H13N3O4S. The van der Waals surface area contributed by atoms with Crippen LogP contribution in [0.2, 0.25) is 0 Å². The summed E-state index contributed by atoms with van der Waals surface area (Å²) in [6.07, 6.45) is 0. The van der Waals surface area contributed by atoms with E-state index in [9.17, 15) is 14.4 Å². The molecule has 1 aromatic carbocycles. The second kappa shape index (κ2) is 6.63. The number of amides is 1. The molecule has 0 spiro atoms. The molecule has 24 heavy (non-hydrogen) atoms. The Morgan fingerprint density at radius 1 is 1.25 bits per heavy atom. The Morgan fingerprint density at radius 3 is 2.75 bits per heavy atom. The van der Waals surface area contributed by atoms with E-state index in [1.54, 1.807) is 30.3 Å². The fourth-order valence-corrected chi connectivity index (χ4v) is 2.78. The number of para-hydroxylation sites is 1. The number of Topliss-reactive ketones (excluding diaryl/α,β-unsaturated/α-hetero) is 1. The van der Waals surface area contributed by atoms with Gasteiger partial charge in [0.2, 0.25) is 5.91 Å². The van der Waals surface area contributed by atoms with Gasteiger partial charge in [-0.15, -0.1) is 16.4 Å². The van der Waals surface area contributed by atoms with Crippen LogP contribution in [-0.4, -0.2) is 21.5 Å². The van der Waals surface area contributed by atoms with E-state index in [0.29, 0.717) is 16.1 Å². The first-order chi connectivity index (χ1) is 11.5. The minimum absolute atomic E-state index is 0.163. The minimum atomic E-state index is -0.714. The van der Waals surface area contributed by atoms with Gasteiger partial charge >= 0.3 is 5.76 Å². The number of hydrogen-bond acceptors (Lipinski definition) is 6. The van der Waals surface area contributed by atoms with E-state index in [1.807, 2.05) is 11.4 Å². The third kappa shape index (κ3) is 3.33. The number of anilines is 1. The van der Waals surface area contributed by atoms with Gasteiger partial charge in [0.25, 0.3) is 5.89 Å². The topological polar surface area (TPSA) is 94.2 Å². The predicted molar refractivity (Wildman–Crippen MR) is 89.2 cm³/mol. The molecule has 2 heterocycles. The second-order valence-corrected chi connectivity index (χ2v) is 5.91. The molecule has 0 unspecified atom stereocenters. The van der Waals surface area contributed by atoms with Gasteiger partial charge in [-0.05, 0) is 30.5 Å². The molecule has 8 heteroatoms. The summed E-state index contributed by atoms with van der Waals surface area (Å²) in [5, 5.41) is 8.46. The van der Waals surface area contributed by atoms with E-state index in [-0.39, 0.29) is 18.2 Å². The Labute approximate surface area is 140 Å². The number of nitrogens with one attached hydrogen (secondary N) is 1. The molecule has 0 radical (unpaired) electrons. The fraction of sp³-hybridized carbons (Fsp3) is 0.125. The van der Waals surface area contributed by atoms with Gasteiger partial charge < -0.3 is 9.73 Å². The molecule has 0 aliphatic carbocycles. The first-order valence-electron chi connectivity index (χ1n) is 7.06. The van der Waals surface area contributed by atoms with E-state index in [1.165, 1.54) is 18.3 Å². The van der Waals surface area contributed by atoms with Crippen molar-refractivity contribution in [3.05, 3.63) is 57.9 Å². The van der Waals surface area contributed by atoms with E-state index < -0.39 is 11.7 Å². The number of rotatable bonds is 5. The van der Waals surface area contributed by atoms with Crippen molar-refractivity contribution in [2.75, 3.05) is 5.32 Å². The van der Waals surface area contributed by atoms with Crippen LogP contribution in [0, 0.1) is 0 Å². The zero-order valence-corrected chi connectivity index (χ0v) is 13.5. The molecule has 122 valence electrons. The quantitative estimate of drug-likeness (QED) is 0.718. The average molecular weight is 343 g/mol. The minimum Gasteiger partial charge on any atom is -0.387 e. The molecule has 0 atom stereocenters. The lowest BCUT2D eigenvalue weighted by atomic mass is 10.1. The summed E-state index contributed by atoms with van der Waals surface area (Å²) < 4.78 is 5.99. The van der Waals surface area contributed by atoms with Crippen LogP contribution in [-0.2, 0) is 11.3 Å². The van der Waals surface area contributed by atoms with Crippen molar-refractivity contribution in [2.45, 2.75) is 13.5 Å². The third-order valence-electron chi connectivity index (χ3n) is 3.21. The molecule has 0 saturated carbocycles. The van der Waals surface area contributed by atoms with E-state index in [4.69, 9.17) is 4.42 Å². The summed E-state index contributed by atoms with van der Waals surface area (Å²) in [6.45, 7) is 1.11. The molecule has 2 aromatic heterocycles. The Bertz CT molecular complexity index is 940. The second-order valence-electron chi connectivity index (χ2n) is 4.96. The highest BCUT2D eigenvalue weighted by Crippen LogP contribution is 2.21. The predicted octanol–water partition coefficient (Wildman–Crippen LogP) is 2.41. The summed E-state index contributed by atoms with van der Waals surface area (Å²) in [5.74, 6) is -1.18. The maximum atomic E-state index is 12.1. The summed E-state index contributed by atoms with van der Waals surface area (Å²) in [5.41, 5.74) is 0.794. The van der Waals surface area contributed by atoms with Gasteiger partial charge in [0.05, 0.1) is 10.6 Å². The highest BCUT2D eigenvalue weighted by Gasteiger charge is 2.15. The molecule has 0 bridgehead atoms. The van der Waals surface area contributed by atoms with Gasteiger partial charge in [-0.25, -0.2) is 4.79 Å². The van der Waals surface area contributed by atoms with Crippen molar-refractivity contribution in [1.29, 1.82) is 0 Å². The standard InChI is InChI=1S/C16H13N3O4S/c1-10(20)11-5-2-3-6-12(11)17-14(21)9-19-16(22)23-15(18-19)13-7-4-8-24-13/h2-8H,9H2,1H3,(H,17,21). The van der Waals surface area contributed by atoms with Crippen molar-refractivity contribution >= 4 is 28.7 Å². The molecule has 0 saturated heterocycles. The number of thiophene rings is 1. The number of aromatic nitrogens is 2. The normalized spacial score (nSPS) is 10.5. The van der Waals surface area contributed by atoms with Gasteiger partial charge in [0.15, 0.2) is 5.78 Å². The highest BCUT2D eigenvalue weighted by molar-refractivity contribution is 7.13. The van der Waals surface area contributed by atoms with Crippen molar-refractivity contribution in [3.8, 4) is 10.8 Å². The maximum absolute atomic E-state index is 12.1. The van der Waals surface area contributed by atoms with Crippen LogP contribution in [0.5, 0.6) is 0 Å². The van der Waals surface area contributed by atoms with Gasteiger partial charge in [0, 0.05) is 5.56 Å². The van der Waals surface area contributed by atoms with Gasteiger partial charge in [-0.1, -0.05) is 18.2 Å². The molecule has 0 aliphatic heterocycles. The number of carbonyl (C=O) groups is 2. The van der Waals surface area contributed by atoms with Crippen LogP contribution in [0.4, 0.5) is 5.69 Å². The maximum Gasteiger partial charge on any atom is 0.437 e. The SMILES string of the molecule is CC(=O)c1ccccc1NC(=O)Cn1nc(-c2cccs2)oc1=O. The molecule has 3 aromatic rings. The lowest BCUT2D eigenvalue weighted by Gasteiger charge is -2.08. The Morgan fingerprint density at radius 2 is 2.04 bits per heavy atom. The molecule has 0 fully saturated rings. The monoisotopic (exact) mass is 343 g/mol. The van der Waals surface area contributed by atoms with Crippen LogP contribution in [0.25, 0.3) is 10.8 Å². The van der Waals surface area contributed by atoms with Crippen molar-refractivity contribution in [1.82, 2.24) is 9.78 Å². The number of ketones is 1. The Kier molecular flexibility index (Phi) is 4.39. The van der Waals surface area contributed by atoms with Crippen molar-refractivity contribution in [3.63, 3.8) is 0 Å². The Hall–Kier alpha value is -3.00. The molecule has 0 aliphatic rings. The smallest absolute Gasteiger partial charge is 0.387 e. The van der Waals surface area contributed by atoms with Crippen LogP contribution < -0.4 is 11.1 Å². The van der Waals surface area contributed by atoms with Crippen LogP contribution in [0.3, 0.4) is 0 Å². The zero-order valence-electron chi connectivity index (χ0n) is 12.7. The van der Waals surface area contributed by atoms with Crippen LogP contribution in [0.1, 0.15) is 17.3 Å². The number of benzene rings is 1. The lowest BCUT2D eigenvalue weighted by Crippen LogP contribution is -2.26. The highest BCUT2D eigenvalue weighted by atomic mass is 32.1. The largest absolute Gasteiger partial charge is 0.437 e.